The number of nitrogens with zero attached hydrogens (tertiary/aromatic N) is 1. The van der Waals surface area contributed by atoms with Crippen molar-refractivity contribution in [3.05, 3.63) is 41.6 Å². The number of benzene rings is 1. The van der Waals surface area contributed by atoms with Crippen molar-refractivity contribution in [2.75, 3.05) is 0 Å². The fourth-order valence-corrected chi connectivity index (χ4v) is 2.77. The highest BCUT2D eigenvalue weighted by atomic mass is 19.4. The zero-order valence-electron chi connectivity index (χ0n) is 13.8. The van der Waals surface area contributed by atoms with Crippen LogP contribution in [0.1, 0.15) is 36.9 Å². The molecule has 1 heterocycles. The largest absolute Gasteiger partial charge is 0.480 e. The van der Waals surface area contributed by atoms with Crippen LogP contribution in [0, 0.1) is 0 Å². The molecular weight excluding hydrogens is 353 g/mol. The zero-order chi connectivity index (χ0) is 19.5. The highest BCUT2D eigenvalue weighted by Crippen LogP contribution is 2.33. The van der Waals surface area contributed by atoms with Gasteiger partial charge in [-0.3, -0.25) is 9.59 Å². The maximum Gasteiger partial charge on any atom is 0.391 e. The van der Waals surface area contributed by atoms with E-state index in [1.165, 1.54) is 18.0 Å². The van der Waals surface area contributed by atoms with E-state index < -0.39 is 36.6 Å². The number of hydrogen-bond donors (Lipinski definition) is 2. The minimum Gasteiger partial charge on any atom is -0.480 e. The van der Waals surface area contributed by atoms with E-state index in [0.717, 1.165) is 5.56 Å². The first-order valence-corrected chi connectivity index (χ1v) is 7.73. The van der Waals surface area contributed by atoms with Gasteiger partial charge < -0.3 is 15.3 Å². The Morgan fingerprint density at radius 3 is 2.50 bits per heavy atom. The summed E-state index contributed by atoms with van der Waals surface area (Å²) < 4.78 is 37.4. The van der Waals surface area contributed by atoms with Gasteiger partial charge >= 0.3 is 12.1 Å². The molecule has 0 aliphatic carbocycles. The van der Waals surface area contributed by atoms with E-state index in [-0.39, 0.29) is 12.3 Å². The minimum atomic E-state index is -4.73. The molecule has 2 atom stereocenters. The molecule has 140 valence electrons. The van der Waals surface area contributed by atoms with Crippen LogP contribution in [-0.2, 0) is 14.4 Å². The molecule has 1 aliphatic rings. The fraction of sp³-hybridized carbons (Fsp3) is 0.353. The number of carbonyl (C=O) groups is 3. The van der Waals surface area contributed by atoms with E-state index >= 15 is 0 Å². The Balaban J connectivity index is 2.18. The molecule has 2 N–H and O–H groups in total. The molecule has 0 saturated carbocycles. The molecular formula is C17H17F3N2O4. The molecule has 0 aromatic heterocycles. The van der Waals surface area contributed by atoms with E-state index in [1.807, 2.05) is 5.32 Å². The van der Waals surface area contributed by atoms with Gasteiger partial charge in [0.2, 0.25) is 11.8 Å². The van der Waals surface area contributed by atoms with Gasteiger partial charge in [0.25, 0.3) is 0 Å². The highest BCUT2D eigenvalue weighted by molar-refractivity contribution is 5.85. The second kappa shape index (κ2) is 7.59. The smallest absolute Gasteiger partial charge is 0.391 e. The normalized spacial score (nSPS) is 17.4. The van der Waals surface area contributed by atoms with Crippen LogP contribution in [0.25, 0.3) is 6.08 Å². The lowest BCUT2D eigenvalue weighted by Gasteiger charge is -2.32. The third-order valence-corrected chi connectivity index (χ3v) is 3.92. The molecule has 26 heavy (non-hydrogen) atoms. The molecule has 2 unspecified atom stereocenters. The first kappa shape index (κ1) is 19.5. The fourth-order valence-electron chi connectivity index (χ4n) is 2.77. The quantitative estimate of drug-likeness (QED) is 0.834. The number of fused-ring (bicyclic) bond motifs is 1. The molecule has 9 heteroatoms. The predicted molar refractivity (Wildman–Crippen MR) is 85.6 cm³/mol. The van der Waals surface area contributed by atoms with Gasteiger partial charge in [-0.25, -0.2) is 4.79 Å². The van der Waals surface area contributed by atoms with E-state index in [0.29, 0.717) is 5.56 Å². The summed E-state index contributed by atoms with van der Waals surface area (Å²) in [6, 6.07) is 4.16. The van der Waals surface area contributed by atoms with Crippen LogP contribution in [0.3, 0.4) is 0 Å². The molecule has 0 spiro atoms. The summed E-state index contributed by atoms with van der Waals surface area (Å²) in [6.45, 7) is 1.30. The average molecular weight is 370 g/mol. The third-order valence-electron chi connectivity index (χ3n) is 3.92. The van der Waals surface area contributed by atoms with Crippen LogP contribution in [0.5, 0.6) is 0 Å². The van der Waals surface area contributed by atoms with Gasteiger partial charge in [0.15, 0.2) is 0 Å². The number of carboxylic acids is 1. The zero-order valence-corrected chi connectivity index (χ0v) is 13.8. The molecule has 0 bridgehead atoms. The number of rotatable bonds is 5. The van der Waals surface area contributed by atoms with Crippen LogP contribution in [0.4, 0.5) is 13.2 Å². The van der Waals surface area contributed by atoms with E-state index in [2.05, 4.69) is 0 Å². The average Bonchev–Trinajstić information content (AvgIpc) is 2.52. The number of nitrogens with one attached hydrogen (secondary N) is 1. The van der Waals surface area contributed by atoms with Gasteiger partial charge in [0, 0.05) is 13.1 Å². The number of halogens is 3. The highest BCUT2D eigenvalue weighted by Gasteiger charge is 2.37. The molecule has 2 rings (SSSR count). The number of amides is 2. The van der Waals surface area contributed by atoms with Gasteiger partial charge in [-0.15, -0.1) is 0 Å². The molecule has 1 aliphatic heterocycles. The van der Waals surface area contributed by atoms with Gasteiger partial charge in [-0.1, -0.05) is 24.3 Å². The standard InChI is InChI=1S/C17H17F3N2O4/c1-10(23)22-7-6-11-4-2-3-5-12(11)14(22)8-15(24)21-13(16(25)26)9-17(18,19)20/h2-7,13-14H,8-9H2,1H3,(H,21,24)(H,25,26). The maximum absolute atomic E-state index is 12.5. The Kier molecular flexibility index (Phi) is 5.69. The number of aliphatic carboxylic acids is 1. The predicted octanol–water partition coefficient (Wildman–Crippen LogP) is 2.47. The van der Waals surface area contributed by atoms with Crippen molar-refractivity contribution < 1.29 is 32.7 Å². The van der Waals surface area contributed by atoms with Gasteiger partial charge in [0.05, 0.1) is 18.9 Å². The lowest BCUT2D eigenvalue weighted by molar-refractivity contribution is -0.160. The van der Waals surface area contributed by atoms with Crippen LogP contribution in [0.2, 0.25) is 0 Å². The number of carboxylic acid groups (broad SMARTS) is 1. The molecule has 1 aromatic rings. The van der Waals surface area contributed by atoms with Gasteiger partial charge in [-0.05, 0) is 17.2 Å². The first-order chi connectivity index (χ1) is 12.1. The topological polar surface area (TPSA) is 86.7 Å². The summed E-state index contributed by atoms with van der Waals surface area (Å²) in [5.74, 6) is -3.01. The SMILES string of the molecule is CC(=O)N1C=Cc2ccccc2C1CC(=O)NC(CC(F)(F)F)C(=O)O. The van der Waals surface area contributed by atoms with Crippen molar-refractivity contribution in [1.29, 1.82) is 0 Å². The van der Waals surface area contributed by atoms with Crippen molar-refractivity contribution in [3.63, 3.8) is 0 Å². The molecule has 6 nitrogen and oxygen atoms in total. The van der Waals surface area contributed by atoms with Crippen molar-refractivity contribution in [1.82, 2.24) is 10.2 Å². The van der Waals surface area contributed by atoms with E-state index in [1.54, 1.807) is 30.3 Å². The van der Waals surface area contributed by atoms with Crippen molar-refractivity contribution >= 4 is 23.9 Å². The van der Waals surface area contributed by atoms with Gasteiger partial charge in [-0.2, -0.15) is 13.2 Å². The number of carbonyl (C=O) groups excluding carboxylic acids is 2. The lowest BCUT2D eigenvalue weighted by Crippen LogP contribution is -2.45. The first-order valence-electron chi connectivity index (χ1n) is 7.73. The number of alkyl halides is 3. The molecule has 0 fully saturated rings. The summed E-state index contributed by atoms with van der Waals surface area (Å²) >= 11 is 0. The van der Waals surface area contributed by atoms with Crippen molar-refractivity contribution in [2.24, 2.45) is 0 Å². The Labute approximate surface area is 147 Å². The maximum atomic E-state index is 12.5. The second-order valence-corrected chi connectivity index (χ2v) is 5.87. The Hall–Kier alpha value is -2.84. The van der Waals surface area contributed by atoms with Crippen LogP contribution in [-0.4, -0.2) is 40.0 Å². The summed E-state index contributed by atoms with van der Waals surface area (Å²) in [5, 5.41) is 10.8. The van der Waals surface area contributed by atoms with E-state index in [9.17, 15) is 27.6 Å². The Morgan fingerprint density at radius 2 is 1.92 bits per heavy atom. The molecule has 0 radical (unpaired) electrons. The molecule has 1 aromatic carbocycles. The minimum absolute atomic E-state index is 0.348. The molecule has 0 saturated heterocycles. The Bertz CT molecular complexity index is 746. The summed E-state index contributed by atoms with van der Waals surface area (Å²) in [6.07, 6.45) is -3.59. The second-order valence-electron chi connectivity index (χ2n) is 5.87. The summed E-state index contributed by atoms with van der Waals surface area (Å²) in [5.41, 5.74) is 1.43. The summed E-state index contributed by atoms with van der Waals surface area (Å²) in [4.78, 5) is 36.3. The van der Waals surface area contributed by atoms with Crippen LogP contribution >= 0.6 is 0 Å². The van der Waals surface area contributed by atoms with E-state index in [4.69, 9.17) is 5.11 Å². The third kappa shape index (κ3) is 4.84. The van der Waals surface area contributed by atoms with Gasteiger partial charge in [0.1, 0.15) is 6.04 Å². The Morgan fingerprint density at radius 1 is 1.27 bits per heavy atom. The lowest BCUT2D eigenvalue weighted by atomic mass is 9.93. The van der Waals surface area contributed by atoms with Crippen molar-refractivity contribution in [2.45, 2.75) is 38.0 Å². The molecule has 2 amide bonds. The van der Waals surface area contributed by atoms with Crippen LogP contribution in [0.15, 0.2) is 30.5 Å². The van der Waals surface area contributed by atoms with Crippen LogP contribution < -0.4 is 5.32 Å². The monoisotopic (exact) mass is 370 g/mol. The van der Waals surface area contributed by atoms with Crippen molar-refractivity contribution in [3.8, 4) is 0 Å². The summed E-state index contributed by atoms with van der Waals surface area (Å²) in [7, 11) is 0. The number of hydrogen-bond acceptors (Lipinski definition) is 3.